The van der Waals surface area contributed by atoms with Crippen molar-refractivity contribution in [2.24, 2.45) is 5.92 Å². The Morgan fingerprint density at radius 2 is 2.38 bits per heavy atom. The lowest BCUT2D eigenvalue weighted by Crippen LogP contribution is -2.05. The second-order valence-electron chi connectivity index (χ2n) is 3.25. The van der Waals surface area contributed by atoms with Crippen molar-refractivity contribution in [2.45, 2.75) is 13.8 Å². The number of hydrogen-bond donors (Lipinski definition) is 0. The van der Waals surface area contributed by atoms with Crippen LogP contribution in [0.5, 0.6) is 5.88 Å². The van der Waals surface area contributed by atoms with Crippen molar-refractivity contribution in [1.82, 2.24) is 4.98 Å². The fourth-order valence-corrected chi connectivity index (χ4v) is 0.829. The van der Waals surface area contributed by atoms with Crippen LogP contribution in [0.4, 0.5) is 0 Å². The van der Waals surface area contributed by atoms with E-state index in [1.54, 1.807) is 18.3 Å². The van der Waals surface area contributed by atoms with Gasteiger partial charge in [-0.15, -0.1) is 0 Å². The molecule has 0 bridgehead atoms. The molecule has 1 aromatic heterocycles. The molecule has 0 aliphatic carbocycles. The quantitative estimate of drug-likeness (QED) is 0.663. The summed E-state index contributed by atoms with van der Waals surface area (Å²) >= 11 is 0. The maximum absolute atomic E-state index is 10.4. The van der Waals surface area contributed by atoms with Gasteiger partial charge in [0.2, 0.25) is 5.88 Å². The summed E-state index contributed by atoms with van der Waals surface area (Å²) in [6, 6.07) is 3.28. The Morgan fingerprint density at radius 3 is 3.00 bits per heavy atom. The van der Waals surface area contributed by atoms with Crippen LogP contribution in [0.3, 0.4) is 0 Å². The number of pyridine rings is 1. The summed E-state index contributed by atoms with van der Waals surface area (Å²) in [5.74, 6) is 0.972. The molecule has 13 heavy (non-hydrogen) atoms. The highest BCUT2D eigenvalue weighted by Crippen LogP contribution is 2.08. The first-order chi connectivity index (χ1) is 6.22. The van der Waals surface area contributed by atoms with Crippen LogP contribution < -0.4 is 4.74 Å². The number of ether oxygens (including phenoxy) is 1. The van der Waals surface area contributed by atoms with Gasteiger partial charge in [-0.25, -0.2) is 4.98 Å². The van der Waals surface area contributed by atoms with Crippen LogP contribution in [-0.4, -0.2) is 17.9 Å². The Kier molecular flexibility index (Phi) is 3.43. The number of rotatable bonds is 4. The predicted octanol–water partition coefficient (Wildman–Crippen LogP) is 1.93. The molecule has 0 fully saturated rings. The molecule has 0 radical (unpaired) electrons. The van der Waals surface area contributed by atoms with Crippen molar-refractivity contribution >= 4 is 6.29 Å². The van der Waals surface area contributed by atoms with Crippen LogP contribution >= 0.6 is 0 Å². The normalized spacial score (nSPS) is 10.1. The molecule has 0 aliphatic rings. The molecule has 0 saturated carbocycles. The minimum Gasteiger partial charge on any atom is -0.477 e. The first-order valence-electron chi connectivity index (χ1n) is 4.26. The van der Waals surface area contributed by atoms with E-state index in [9.17, 15) is 4.79 Å². The topological polar surface area (TPSA) is 39.2 Å². The highest BCUT2D eigenvalue weighted by Gasteiger charge is 1.98. The van der Waals surface area contributed by atoms with Crippen molar-refractivity contribution in [3.63, 3.8) is 0 Å². The number of hydrogen-bond acceptors (Lipinski definition) is 3. The molecule has 1 aromatic rings. The summed E-state index contributed by atoms with van der Waals surface area (Å²) in [7, 11) is 0. The van der Waals surface area contributed by atoms with Crippen molar-refractivity contribution in [3.8, 4) is 5.88 Å². The van der Waals surface area contributed by atoms with Gasteiger partial charge in [0.25, 0.3) is 0 Å². The third-order valence-electron chi connectivity index (χ3n) is 1.46. The number of aromatic nitrogens is 1. The van der Waals surface area contributed by atoms with E-state index in [0.717, 1.165) is 6.29 Å². The first kappa shape index (κ1) is 9.71. The van der Waals surface area contributed by atoms with Crippen LogP contribution in [0, 0.1) is 5.92 Å². The largest absolute Gasteiger partial charge is 0.477 e. The molecule has 1 heterocycles. The van der Waals surface area contributed by atoms with Crippen LogP contribution in [-0.2, 0) is 0 Å². The second-order valence-corrected chi connectivity index (χ2v) is 3.25. The number of nitrogens with zero attached hydrogens (tertiary/aromatic N) is 1. The standard InChI is InChI=1S/C10H13NO2/c1-8(2)7-13-10-5-9(6-12)3-4-11-10/h3-6,8H,7H2,1-2H3. The SMILES string of the molecule is CC(C)COc1cc(C=O)ccn1. The first-order valence-corrected chi connectivity index (χ1v) is 4.26. The zero-order chi connectivity index (χ0) is 9.68. The summed E-state index contributed by atoms with van der Waals surface area (Å²) in [6.45, 7) is 4.74. The molecule has 0 spiro atoms. The third kappa shape index (κ3) is 3.23. The second kappa shape index (κ2) is 4.60. The van der Waals surface area contributed by atoms with Crippen molar-refractivity contribution < 1.29 is 9.53 Å². The van der Waals surface area contributed by atoms with Crippen molar-refractivity contribution in [1.29, 1.82) is 0 Å². The van der Waals surface area contributed by atoms with Crippen molar-refractivity contribution in [3.05, 3.63) is 23.9 Å². The third-order valence-corrected chi connectivity index (χ3v) is 1.46. The number of carbonyl (C=O) groups is 1. The molecule has 0 aromatic carbocycles. The van der Waals surface area contributed by atoms with Gasteiger partial charge in [-0.3, -0.25) is 4.79 Å². The molecule has 0 N–H and O–H groups in total. The molecular weight excluding hydrogens is 166 g/mol. The Balaban J connectivity index is 2.61. The fraction of sp³-hybridized carbons (Fsp3) is 0.400. The molecular formula is C10H13NO2. The van der Waals surface area contributed by atoms with Crippen molar-refractivity contribution in [2.75, 3.05) is 6.61 Å². The van der Waals surface area contributed by atoms with Gasteiger partial charge in [0.15, 0.2) is 0 Å². The molecule has 0 saturated heterocycles. The summed E-state index contributed by atoms with van der Waals surface area (Å²) in [5, 5.41) is 0. The summed E-state index contributed by atoms with van der Waals surface area (Å²) in [4.78, 5) is 14.4. The average molecular weight is 179 g/mol. The van der Waals surface area contributed by atoms with Gasteiger partial charge in [-0.1, -0.05) is 13.8 Å². The zero-order valence-electron chi connectivity index (χ0n) is 7.86. The lowest BCUT2D eigenvalue weighted by atomic mass is 10.2. The molecule has 0 aliphatic heterocycles. The minimum absolute atomic E-state index is 0.460. The van der Waals surface area contributed by atoms with Gasteiger partial charge < -0.3 is 4.74 Å². The number of carbonyl (C=O) groups excluding carboxylic acids is 1. The van der Waals surface area contributed by atoms with Crippen LogP contribution in [0.25, 0.3) is 0 Å². The summed E-state index contributed by atoms with van der Waals surface area (Å²) in [6.07, 6.45) is 2.35. The minimum atomic E-state index is 0.460. The van der Waals surface area contributed by atoms with E-state index >= 15 is 0 Å². The predicted molar refractivity (Wildman–Crippen MR) is 50.0 cm³/mol. The van der Waals surface area contributed by atoms with Gasteiger partial charge in [0.1, 0.15) is 6.29 Å². The van der Waals surface area contributed by atoms with E-state index in [4.69, 9.17) is 4.74 Å². The molecule has 0 amide bonds. The van der Waals surface area contributed by atoms with E-state index in [0.29, 0.717) is 24.0 Å². The van der Waals surface area contributed by atoms with Gasteiger partial charge in [-0.2, -0.15) is 0 Å². The highest BCUT2D eigenvalue weighted by atomic mass is 16.5. The molecule has 70 valence electrons. The monoisotopic (exact) mass is 179 g/mol. The molecule has 0 atom stereocenters. The Bertz CT molecular complexity index is 284. The van der Waals surface area contributed by atoms with Gasteiger partial charge in [-0.05, 0) is 12.0 Å². The molecule has 3 heteroatoms. The highest BCUT2D eigenvalue weighted by molar-refractivity contribution is 5.74. The lowest BCUT2D eigenvalue weighted by Gasteiger charge is -2.06. The maximum atomic E-state index is 10.4. The number of aldehydes is 1. The van der Waals surface area contributed by atoms with Crippen LogP contribution in [0.1, 0.15) is 24.2 Å². The molecule has 1 rings (SSSR count). The van der Waals surface area contributed by atoms with Gasteiger partial charge >= 0.3 is 0 Å². The Morgan fingerprint density at radius 1 is 1.62 bits per heavy atom. The van der Waals surface area contributed by atoms with Crippen LogP contribution in [0.15, 0.2) is 18.3 Å². The van der Waals surface area contributed by atoms with E-state index in [2.05, 4.69) is 18.8 Å². The summed E-state index contributed by atoms with van der Waals surface area (Å²) < 4.78 is 5.34. The lowest BCUT2D eigenvalue weighted by molar-refractivity contribution is 0.112. The molecule has 0 unspecified atom stereocenters. The fourth-order valence-electron chi connectivity index (χ4n) is 0.829. The van der Waals surface area contributed by atoms with E-state index < -0.39 is 0 Å². The van der Waals surface area contributed by atoms with E-state index in [1.807, 2.05) is 0 Å². The smallest absolute Gasteiger partial charge is 0.213 e. The van der Waals surface area contributed by atoms with Crippen LogP contribution in [0.2, 0.25) is 0 Å². The van der Waals surface area contributed by atoms with E-state index in [1.165, 1.54) is 0 Å². The molecule has 3 nitrogen and oxygen atoms in total. The Hall–Kier alpha value is -1.38. The van der Waals surface area contributed by atoms with Gasteiger partial charge in [0, 0.05) is 17.8 Å². The van der Waals surface area contributed by atoms with E-state index in [-0.39, 0.29) is 0 Å². The van der Waals surface area contributed by atoms with Gasteiger partial charge in [0.05, 0.1) is 6.61 Å². The maximum Gasteiger partial charge on any atom is 0.213 e. The average Bonchev–Trinajstić information content (AvgIpc) is 2.15. The zero-order valence-corrected chi connectivity index (χ0v) is 7.86. The Labute approximate surface area is 77.8 Å². The summed E-state index contributed by atoms with van der Waals surface area (Å²) in [5.41, 5.74) is 0.591.